The summed E-state index contributed by atoms with van der Waals surface area (Å²) in [7, 11) is 0. The van der Waals surface area contributed by atoms with Crippen LogP contribution in [0, 0.1) is 5.92 Å². The Hall–Kier alpha value is -1.07. The van der Waals surface area contributed by atoms with Crippen molar-refractivity contribution in [1.82, 2.24) is 10.6 Å². The van der Waals surface area contributed by atoms with Crippen LogP contribution < -0.4 is 15.4 Å². The molecule has 1 amide bonds. The number of carbonyl (C=O) groups excluding carboxylic acids is 1. The summed E-state index contributed by atoms with van der Waals surface area (Å²) in [6, 6.07) is 4.06. The molecule has 4 nitrogen and oxygen atoms in total. The predicted molar refractivity (Wildman–Crippen MR) is 85.4 cm³/mol. The summed E-state index contributed by atoms with van der Waals surface area (Å²) in [6.45, 7) is 4.38. The van der Waals surface area contributed by atoms with E-state index in [4.69, 9.17) is 4.74 Å². The molecule has 0 saturated carbocycles. The average molecular weight is 353 g/mol. The molecule has 2 aliphatic rings. The highest BCUT2D eigenvalue weighted by Crippen LogP contribution is 2.32. The van der Waals surface area contributed by atoms with Crippen molar-refractivity contribution in [3.8, 4) is 5.75 Å². The van der Waals surface area contributed by atoms with Crippen LogP contribution in [0.15, 0.2) is 16.6 Å². The van der Waals surface area contributed by atoms with Crippen molar-refractivity contribution in [3.63, 3.8) is 0 Å². The van der Waals surface area contributed by atoms with E-state index in [9.17, 15) is 4.79 Å². The Balaban J connectivity index is 1.64. The zero-order valence-electron chi connectivity index (χ0n) is 12.2. The molecule has 0 aliphatic carbocycles. The van der Waals surface area contributed by atoms with Gasteiger partial charge in [0.1, 0.15) is 5.75 Å². The van der Waals surface area contributed by atoms with E-state index in [2.05, 4.69) is 39.6 Å². The Labute approximate surface area is 133 Å². The lowest BCUT2D eigenvalue weighted by atomic mass is 9.94. The Morgan fingerprint density at radius 3 is 3.19 bits per heavy atom. The molecular weight excluding hydrogens is 332 g/mol. The standard InChI is InChI=1S/C16H21BrN2O2/c1-10-2-4-18-14(6-10)16(20)19-9-12-8-13(17)7-11-3-5-21-15(11)12/h7-8,10,14,18H,2-6,9H2,1H3,(H,19,20). The number of amides is 1. The van der Waals surface area contributed by atoms with Gasteiger partial charge in [0, 0.05) is 23.0 Å². The van der Waals surface area contributed by atoms with Crippen molar-refractivity contribution < 1.29 is 9.53 Å². The number of nitrogens with one attached hydrogen (secondary N) is 2. The molecule has 0 radical (unpaired) electrons. The molecule has 0 bridgehead atoms. The first kappa shape index (κ1) is 14.9. The highest BCUT2D eigenvalue weighted by Gasteiger charge is 2.25. The second-order valence-electron chi connectivity index (χ2n) is 6.01. The lowest BCUT2D eigenvalue weighted by Gasteiger charge is -2.27. The number of piperidine rings is 1. The molecule has 1 aromatic carbocycles. The maximum Gasteiger partial charge on any atom is 0.237 e. The minimum atomic E-state index is -0.0603. The van der Waals surface area contributed by atoms with Crippen LogP contribution in [0.4, 0.5) is 0 Å². The van der Waals surface area contributed by atoms with Crippen molar-refractivity contribution in [2.45, 2.75) is 38.8 Å². The molecule has 21 heavy (non-hydrogen) atoms. The molecule has 2 heterocycles. The molecule has 3 rings (SSSR count). The van der Waals surface area contributed by atoms with Crippen molar-refractivity contribution >= 4 is 21.8 Å². The first-order chi connectivity index (χ1) is 10.1. The zero-order valence-corrected chi connectivity index (χ0v) is 13.8. The summed E-state index contributed by atoms with van der Waals surface area (Å²) >= 11 is 3.53. The first-order valence-corrected chi connectivity index (χ1v) is 8.38. The Bertz CT molecular complexity index is 547. The van der Waals surface area contributed by atoms with Gasteiger partial charge < -0.3 is 15.4 Å². The number of halogens is 1. The summed E-state index contributed by atoms with van der Waals surface area (Å²) in [4.78, 5) is 12.3. The molecule has 2 unspecified atom stereocenters. The molecule has 1 fully saturated rings. The van der Waals surface area contributed by atoms with Crippen LogP contribution in [0.5, 0.6) is 5.75 Å². The van der Waals surface area contributed by atoms with Crippen LogP contribution in [-0.2, 0) is 17.8 Å². The highest BCUT2D eigenvalue weighted by molar-refractivity contribution is 9.10. The number of benzene rings is 1. The van der Waals surface area contributed by atoms with Gasteiger partial charge in [0.2, 0.25) is 5.91 Å². The van der Waals surface area contributed by atoms with Gasteiger partial charge in [0.25, 0.3) is 0 Å². The van der Waals surface area contributed by atoms with E-state index < -0.39 is 0 Å². The molecule has 2 atom stereocenters. The number of fused-ring (bicyclic) bond motifs is 1. The lowest BCUT2D eigenvalue weighted by Crippen LogP contribution is -2.48. The van der Waals surface area contributed by atoms with Crippen LogP contribution in [0.3, 0.4) is 0 Å². The van der Waals surface area contributed by atoms with E-state index in [0.29, 0.717) is 12.5 Å². The second-order valence-corrected chi connectivity index (χ2v) is 6.92. The van der Waals surface area contributed by atoms with Crippen LogP contribution in [0.1, 0.15) is 30.9 Å². The SMILES string of the molecule is CC1CCNC(C(=O)NCc2cc(Br)cc3c2OCC3)C1. The summed E-state index contributed by atoms with van der Waals surface area (Å²) in [5.41, 5.74) is 2.27. The number of carbonyl (C=O) groups is 1. The fourth-order valence-corrected chi connectivity index (χ4v) is 3.64. The van der Waals surface area contributed by atoms with Gasteiger partial charge in [-0.25, -0.2) is 0 Å². The molecule has 0 aromatic heterocycles. The minimum Gasteiger partial charge on any atom is -0.493 e. The number of ether oxygens (including phenoxy) is 1. The highest BCUT2D eigenvalue weighted by atomic mass is 79.9. The third-order valence-corrected chi connectivity index (χ3v) is 4.72. The van der Waals surface area contributed by atoms with Crippen LogP contribution >= 0.6 is 15.9 Å². The van der Waals surface area contributed by atoms with Crippen molar-refractivity contribution in [2.24, 2.45) is 5.92 Å². The third kappa shape index (κ3) is 3.40. The van der Waals surface area contributed by atoms with Gasteiger partial charge in [-0.05, 0) is 43.0 Å². The summed E-state index contributed by atoms with van der Waals surface area (Å²) in [5, 5.41) is 6.34. The maximum absolute atomic E-state index is 12.3. The number of rotatable bonds is 3. The van der Waals surface area contributed by atoms with E-state index in [1.807, 2.05) is 6.07 Å². The smallest absolute Gasteiger partial charge is 0.237 e. The van der Waals surface area contributed by atoms with Gasteiger partial charge in [-0.1, -0.05) is 22.9 Å². The molecule has 1 saturated heterocycles. The number of hydrogen-bond acceptors (Lipinski definition) is 3. The third-order valence-electron chi connectivity index (χ3n) is 4.26. The van der Waals surface area contributed by atoms with E-state index in [1.165, 1.54) is 5.56 Å². The molecule has 2 aliphatic heterocycles. The summed E-state index contributed by atoms with van der Waals surface area (Å²) in [6.07, 6.45) is 3.01. The number of hydrogen-bond donors (Lipinski definition) is 2. The maximum atomic E-state index is 12.3. The first-order valence-electron chi connectivity index (χ1n) is 7.58. The van der Waals surface area contributed by atoms with Gasteiger partial charge in [-0.2, -0.15) is 0 Å². The van der Waals surface area contributed by atoms with Crippen LogP contribution in [-0.4, -0.2) is 25.1 Å². The molecule has 1 aromatic rings. The Morgan fingerprint density at radius 1 is 1.52 bits per heavy atom. The quantitative estimate of drug-likeness (QED) is 0.877. The second kappa shape index (κ2) is 6.36. The Morgan fingerprint density at radius 2 is 2.38 bits per heavy atom. The van der Waals surface area contributed by atoms with Gasteiger partial charge in [-0.3, -0.25) is 4.79 Å². The van der Waals surface area contributed by atoms with Crippen LogP contribution in [0.25, 0.3) is 0 Å². The normalized spacial score (nSPS) is 24.3. The van der Waals surface area contributed by atoms with Gasteiger partial charge >= 0.3 is 0 Å². The fourth-order valence-electron chi connectivity index (χ4n) is 3.09. The lowest BCUT2D eigenvalue weighted by molar-refractivity contribution is -0.124. The minimum absolute atomic E-state index is 0.0603. The van der Waals surface area contributed by atoms with Crippen molar-refractivity contribution in [1.29, 1.82) is 0 Å². The summed E-state index contributed by atoms with van der Waals surface area (Å²) in [5.74, 6) is 1.65. The van der Waals surface area contributed by atoms with E-state index in [1.54, 1.807) is 0 Å². The molecule has 0 spiro atoms. The van der Waals surface area contributed by atoms with E-state index in [-0.39, 0.29) is 11.9 Å². The summed E-state index contributed by atoms with van der Waals surface area (Å²) < 4.78 is 6.73. The average Bonchev–Trinajstić information content (AvgIpc) is 2.92. The molecular formula is C16H21BrN2O2. The monoisotopic (exact) mass is 352 g/mol. The fraction of sp³-hybridized carbons (Fsp3) is 0.562. The van der Waals surface area contributed by atoms with Crippen LogP contribution in [0.2, 0.25) is 0 Å². The van der Waals surface area contributed by atoms with E-state index >= 15 is 0 Å². The molecule has 114 valence electrons. The van der Waals surface area contributed by atoms with Gasteiger partial charge in [0.05, 0.1) is 12.6 Å². The largest absolute Gasteiger partial charge is 0.493 e. The van der Waals surface area contributed by atoms with Crippen molar-refractivity contribution in [3.05, 3.63) is 27.7 Å². The Kier molecular flexibility index (Phi) is 4.50. The molecule has 5 heteroatoms. The van der Waals surface area contributed by atoms with Crippen molar-refractivity contribution in [2.75, 3.05) is 13.2 Å². The predicted octanol–water partition coefficient (Wildman–Crippen LogP) is 2.39. The van der Waals surface area contributed by atoms with Gasteiger partial charge in [0.15, 0.2) is 0 Å². The van der Waals surface area contributed by atoms with E-state index in [0.717, 1.165) is 48.2 Å². The van der Waals surface area contributed by atoms with Gasteiger partial charge in [-0.15, -0.1) is 0 Å². The zero-order chi connectivity index (χ0) is 14.8. The topological polar surface area (TPSA) is 50.4 Å². The molecule has 2 N–H and O–H groups in total.